The highest BCUT2D eigenvalue weighted by molar-refractivity contribution is 6.36. The number of aromatic hydroxyl groups is 1. The molecule has 0 radical (unpaired) electrons. The molecule has 4 nitrogen and oxygen atoms in total. The van der Waals surface area contributed by atoms with Crippen molar-refractivity contribution in [2.45, 2.75) is 12.8 Å². The molecule has 2 aromatic rings. The van der Waals surface area contributed by atoms with E-state index < -0.39 is 0 Å². The van der Waals surface area contributed by atoms with Gasteiger partial charge in [-0.15, -0.1) is 0 Å². The summed E-state index contributed by atoms with van der Waals surface area (Å²) in [6, 6.07) is 8.76. The topological polar surface area (TPSA) is 60.8 Å². The first-order valence-electron chi connectivity index (χ1n) is 7.42. The summed E-state index contributed by atoms with van der Waals surface area (Å²) in [5.41, 5.74) is 0.242. The van der Waals surface area contributed by atoms with Crippen molar-refractivity contribution in [3.63, 3.8) is 0 Å². The van der Waals surface area contributed by atoms with Gasteiger partial charge in [-0.05, 0) is 24.8 Å². The molecule has 1 heterocycles. The van der Waals surface area contributed by atoms with Crippen LogP contribution in [0.5, 0.6) is 5.75 Å². The fourth-order valence-corrected chi connectivity index (χ4v) is 3.24. The van der Waals surface area contributed by atoms with Crippen molar-refractivity contribution in [1.29, 1.82) is 0 Å². The van der Waals surface area contributed by atoms with E-state index in [0.29, 0.717) is 23.5 Å². The molecule has 0 aliphatic carbocycles. The Bertz CT molecular complexity index is 708. The van der Waals surface area contributed by atoms with Gasteiger partial charge in [-0.1, -0.05) is 35.9 Å². The van der Waals surface area contributed by atoms with Crippen molar-refractivity contribution in [1.82, 2.24) is 4.90 Å². The second-order valence-corrected chi connectivity index (χ2v) is 6.13. The van der Waals surface area contributed by atoms with Crippen LogP contribution in [0.2, 0.25) is 5.02 Å². The first-order chi connectivity index (χ1) is 10.6. The fraction of sp³-hybridized carbons (Fsp3) is 0.353. The average Bonchev–Trinajstić information content (AvgIpc) is 2.57. The Balaban J connectivity index is 1.93. The maximum atomic E-state index is 12.7. The lowest BCUT2D eigenvalue weighted by atomic mass is 9.97. The molecule has 0 aromatic heterocycles. The summed E-state index contributed by atoms with van der Waals surface area (Å²) in [6.45, 7) is 1.34. The number of aliphatic hydroxyl groups is 1. The van der Waals surface area contributed by atoms with Gasteiger partial charge in [-0.3, -0.25) is 4.79 Å². The molecule has 116 valence electrons. The summed E-state index contributed by atoms with van der Waals surface area (Å²) >= 11 is 6.25. The van der Waals surface area contributed by atoms with Crippen molar-refractivity contribution in [3.8, 4) is 5.75 Å². The lowest BCUT2D eigenvalue weighted by Crippen LogP contribution is -2.39. The molecule has 2 aromatic carbocycles. The Morgan fingerprint density at radius 2 is 1.86 bits per heavy atom. The van der Waals surface area contributed by atoms with E-state index in [0.717, 1.165) is 18.2 Å². The van der Waals surface area contributed by atoms with Gasteiger partial charge in [0.25, 0.3) is 5.91 Å². The molecular weight excluding hydrogens is 302 g/mol. The zero-order chi connectivity index (χ0) is 15.7. The molecule has 2 N–H and O–H groups in total. The third-order valence-electron chi connectivity index (χ3n) is 4.36. The number of hydrogen-bond acceptors (Lipinski definition) is 3. The maximum Gasteiger partial charge on any atom is 0.257 e. The standard InChI is InChI=1S/C17H18ClNO3/c18-15-9-14(16(21)13-4-2-1-3-12(13)15)17(22)19-7-5-11(10-20)6-8-19/h1-4,9,11,20-21H,5-8,10H2. The van der Waals surface area contributed by atoms with E-state index in [1.54, 1.807) is 23.1 Å². The van der Waals surface area contributed by atoms with E-state index in [9.17, 15) is 15.0 Å². The Morgan fingerprint density at radius 3 is 2.50 bits per heavy atom. The molecule has 5 heteroatoms. The molecule has 22 heavy (non-hydrogen) atoms. The number of amides is 1. The number of benzene rings is 2. The largest absolute Gasteiger partial charge is 0.506 e. The van der Waals surface area contributed by atoms with Gasteiger partial charge in [0.1, 0.15) is 5.75 Å². The van der Waals surface area contributed by atoms with E-state index in [2.05, 4.69) is 0 Å². The second kappa shape index (κ2) is 6.15. The Kier molecular flexibility index (Phi) is 4.23. The van der Waals surface area contributed by atoms with Crippen molar-refractivity contribution in [2.24, 2.45) is 5.92 Å². The molecule has 0 saturated carbocycles. The Morgan fingerprint density at radius 1 is 1.23 bits per heavy atom. The van der Waals surface area contributed by atoms with Gasteiger partial charge in [-0.2, -0.15) is 0 Å². The van der Waals surface area contributed by atoms with Crippen LogP contribution in [0, 0.1) is 5.92 Å². The Hall–Kier alpha value is -1.78. The molecule has 0 spiro atoms. The summed E-state index contributed by atoms with van der Waals surface area (Å²) in [5, 5.41) is 21.4. The first kappa shape index (κ1) is 15.1. The molecule has 0 atom stereocenters. The van der Waals surface area contributed by atoms with E-state index in [1.807, 2.05) is 12.1 Å². The number of likely N-dealkylation sites (tertiary alicyclic amines) is 1. The molecular formula is C17H18ClNO3. The SMILES string of the molecule is O=C(c1cc(Cl)c2ccccc2c1O)N1CCC(CO)CC1. The minimum atomic E-state index is -0.207. The molecule has 1 saturated heterocycles. The van der Waals surface area contributed by atoms with Crippen LogP contribution in [0.4, 0.5) is 0 Å². The van der Waals surface area contributed by atoms with E-state index in [-0.39, 0.29) is 29.7 Å². The van der Waals surface area contributed by atoms with Gasteiger partial charge in [0.05, 0.1) is 5.56 Å². The first-order valence-corrected chi connectivity index (χ1v) is 7.80. The highest BCUT2D eigenvalue weighted by Crippen LogP contribution is 2.35. The quantitative estimate of drug-likeness (QED) is 0.894. The molecule has 0 bridgehead atoms. The summed E-state index contributed by atoms with van der Waals surface area (Å²) in [4.78, 5) is 14.4. The third kappa shape index (κ3) is 2.64. The molecule has 1 aliphatic rings. The fourth-order valence-electron chi connectivity index (χ4n) is 2.97. The number of rotatable bonds is 2. The summed E-state index contributed by atoms with van der Waals surface area (Å²) in [6.07, 6.45) is 1.56. The van der Waals surface area contributed by atoms with Crippen LogP contribution in [0.3, 0.4) is 0 Å². The second-order valence-electron chi connectivity index (χ2n) is 5.72. The molecule has 0 unspecified atom stereocenters. The molecule has 1 amide bonds. The number of halogens is 1. The third-order valence-corrected chi connectivity index (χ3v) is 4.67. The van der Waals surface area contributed by atoms with Crippen LogP contribution < -0.4 is 0 Å². The maximum absolute atomic E-state index is 12.7. The lowest BCUT2D eigenvalue weighted by Gasteiger charge is -2.31. The van der Waals surface area contributed by atoms with Crippen molar-refractivity contribution < 1.29 is 15.0 Å². The highest BCUT2D eigenvalue weighted by atomic mass is 35.5. The summed E-state index contributed by atoms with van der Waals surface area (Å²) in [7, 11) is 0. The number of hydrogen-bond donors (Lipinski definition) is 2. The number of piperidine rings is 1. The zero-order valence-corrected chi connectivity index (χ0v) is 12.9. The van der Waals surface area contributed by atoms with E-state index in [1.165, 1.54) is 0 Å². The van der Waals surface area contributed by atoms with E-state index >= 15 is 0 Å². The molecule has 1 fully saturated rings. The van der Waals surface area contributed by atoms with Gasteiger partial charge >= 0.3 is 0 Å². The van der Waals surface area contributed by atoms with Gasteiger partial charge < -0.3 is 15.1 Å². The molecule has 3 rings (SSSR count). The monoisotopic (exact) mass is 319 g/mol. The van der Waals surface area contributed by atoms with Gasteiger partial charge in [-0.25, -0.2) is 0 Å². The van der Waals surface area contributed by atoms with Crippen LogP contribution in [0.15, 0.2) is 30.3 Å². The van der Waals surface area contributed by atoms with Gasteiger partial charge in [0.15, 0.2) is 0 Å². The van der Waals surface area contributed by atoms with Crippen molar-refractivity contribution in [3.05, 3.63) is 40.9 Å². The van der Waals surface area contributed by atoms with Crippen LogP contribution in [0.25, 0.3) is 10.8 Å². The van der Waals surface area contributed by atoms with Crippen LogP contribution in [0.1, 0.15) is 23.2 Å². The summed E-state index contributed by atoms with van der Waals surface area (Å²) in [5.74, 6) is 0.0358. The van der Waals surface area contributed by atoms with Crippen molar-refractivity contribution >= 4 is 28.3 Å². The van der Waals surface area contributed by atoms with Crippen LogP contribution in [-0.2, 0) is 0 Å². The number of phenolic OH excluding ortho intramolecular Hbond substituents is 1. The van der Waals surface area contributed by atoms with Crippen LogP contribution >= 0.6 is 11.6 Å². The van der Waals surface area contributed by atoms with E-state index in [4.69, 9.17) is 11.6 Å². The Labute approximate surface area is 133 Å². The smallest absolute Gasteiger partial charge is 0.257 e. The van der Waals surface area contributed by atoms with Gasteiger partial charge in [0, 0.05) is 35.5 Å². The average molecular weight is 320 g/mol. The highest BCUT2D eigenvalue weighted by Gasteiger charge is 2.26. The number of aliphatic hydroxyl groups excluding tert-OH is 1. The minimum Gasteiger partial charge on any atom is -0.506 e. The summed E-state index contributed by atoms with van der Waals surface area (Å²) < 4.78 is 0. The number of carbonyl (C=O) groups excluding carboxylic acids is 1. The predicted octanol–water partition coefficient (Wildman–Crippen LogP) is 3.04. The lowest BCUT2D eigenvalue weighted by molar-refractivity contribution is 0.0648. The number of carbonyl (C=O) groups is 1. The van der Waals surface area contributed by atoms with Crippen molar-refractivity contribution in [2.75, 3.05) is 19.7 Å². The number of phenols is 1. The minimum absolute atomic E-state index is 0.0192. The van der Waals surface area contributed by atoms with Crippen LogP contribution in [-0.4, -0.2) is 40.7 Å². The zero-order valence-electron chi connectivity index (χ0n) is 12.1. The number of nitrogens with zero attached hydrogens (tertiary/aromatic N) is 1. The van der Waals surface area contributed by atoms with Gasteiger partial charge in [0.2, 0.25) is 0 Å². The molecule has 1 aliphatic heterocycles. The number of fused-ring (bicyclic) bond motifs is 1. The normalized spacial score (nSPS) is 16.2. The predicted molar refractivity (Wildman–Crippen MR) is 86.3 cm³/mol.